The minimum atomic E-state index is 0.0621. The monoisotopic (exact) mass is 300 g/mol. The summed E-state index contributed by atoms with van der Waals surface area (Å²) in [5, 5.41) is 0. The predicted octanol–water partition coefficient (Wildman–Crippen LogP) is 5.26. The van der Waals surface area contributed by atoms with Crippen molar-refractivity contribution >= 4 is 11.4 Å². The molecule has 4 unspecified atom stereocenters. The third kappa shape index (κ3) is 3.11. The Kier molecular flexibility index (Phi) is 5.09. The maximum absolute atomic E-state index is 5.14. The lowest BCUT2D eigenvalue weighted by molar-refractivity contribution is 0.245. The molecule has 0 fully saturated rings. The van der Waals surface area contributed by atoms with Crippen LogP contribution in [0.15, 0.2) is 33.3 Å². The van der Waals surface area contributed by atoms with E-state index >= 15 is 0 Å². The first kappa shape index (κ1) is 17.2. The molecule has 2 rings (SSSR count). The SMILES string of the molecule is CCC(C)CN=C1C=C(C)C2=NC(C)(CC)C(C)C(C)C2=C1. The van der Waals surface area contributed by atoms with E-state index in [4.69, 9.17) is 9.98 Å². The van der Waals surface area contributed by atoms with Crippen LogP contribution in [0.25, 0.3) is 0 Å². The van der Waals surface area contributed by atoms with Crippen molar-refractivity contribution in [1.29, 1.82) is 0 Å². The molecule has 0 bridgehead atoms. The van der Waals surface area contributed by atoms with E-state index in [0.29, 0.717) is 17.8 Å². The number of rotatable bonds is 4. The highest BCUT2D eigenvalue weighted by molar-refractivity contribution is 6.24. The highest BCUT2D eigenvalue weighted by Crippen LogP contribution is 2.42. The molecule has 0 aromatic carbocycles. The Morgan fingerprint density at radius 1 is 1.27 bits per heavy atom. The van der Waals surface area contributed by atoms with Gasteiger partial charge in [-0.05, 0) is 61.3 Å². The van der Waals surface area contributed by atoms with Crippen molar-refractivity contribution < 1.29 is 0 Å². The van der Waals surface area contributed by atoms with E-state index < -0.39 is 0 Å². The largest absolute Gasteiger partial charge is 0.285 e. The van der Waals surface area contributed by atoms with Crippen LogP contribution in [-0.4, -0.2) is 23.5 Å². The molecular formula is C20H32N2. The number of fused-ring (bicyclic) bond motifs is 1. The smallest absolute Gasteiger partial charge is 0.0646 e. The second kappa shape index (κ2) is 6.52. The summed E-state index contributed by atoms with van der Waals surface area (Å²) < 4.78 is 0. The fourth-order valence-corrected chi connectivity index (χ4v) is 3.33. The van der Waals surface area contributed by atoms with Gasteiger partial charge in [0.1, 0.15) is 0 Å². The van der Waals surface area contributed by atoms with Crippen LogP contribution in [0.4, 0.5) is 0 Å². The molecule has 1 heterocycles. The van der Waals surface area contributed by atoms with E-state index in [1.165, 1.54) is 23.3 Å². The minimum absolute atomic E-state index is 0.0621. The standard InChI is InChI=1S/C20H32N2/c1-8-13(3)12-21-17-10-14(4)19-18(11-17)15(5)16(6)20(7,9-2)22-19/h10-11,13,15-16H,8-9,12H2,1-7H3. The van der Waals surface area contributed by atoms with E-state index in [1.54, 1.807) is 0 Å². The van der Waals surface area contributed by atoms with Crippen molar-refractivity contribution in [3.05, 3.63) is 23.3 Å². The van der Waals surface area contributed by atoms with E-state index in [0.717, 1.165) is 18.7 Å². The van der Waals surface area contributed by atoms with Gasteiger partial charge in [0.15, 0.2) is 0 Å². The van der Waals surface area contributed by atoms with Crippen LogP contribution in [-0.2, 0) is 0 Å². The topological polar surface area (TPSA) is 24.7 Å². The Labute approximate surface area is 136 Å². The maximum atomic E-state index is 5.14. The first-order valence-corrected chi connectivity index (χ1v) is 8.87. The Morgan fingerprint density at radius 2 is 1.95 bits per heavy atom. The van der Waals surface area contributed by atoms with Gasteiger partial charge in [0.05, 0.1) is 17.0 Å². The zero-order valence-corrected chi connectivity index (χ0v) is 15.4. The van der Waals surface area contributed by atoms with Crippen molar-refractivity contribution in [2.24, 2.45) is 27.7 Å². The van der Waals surface area contributed by atoms with Crippen LogP contribution in [0, 0.1) is 17.8 Å². The van der Waals surface area contributed by atoms with E-state index in [1.807, 2.05) is 0 Å². The van der Waals surface area contributed by atoms with Crippen molar-refractivity contribution in [2.45, 2.75) is 66.8 Å². The molecule has 2 heteroatoms. The van der Waals surface area contributed by atoms with Gasteiger partial charge in [-0.25, -0.2) is 0 Å². The first-order chi connectivity index (χ1) is 10.3. The van der Waals surface area contributed by atoms with Gasteiger partial charge < -0.3 is 0 Å². The molecule has 0 amide bonds. The van der Waals surface area contributed by atoms with Gasteiger partial charge in [-0.1, -0.05) is 41.0 Å². The minimum Gasteiger partial charge on any atom is -0.285 e. The van der Waals surface area contributed by atoms with E-state index in [-0.39, 0.29) is 5.54 Å². The molecule has 0 aromatic rings. The summed E-state index contributed by atoms with van der Waals surface area (Å²) in [4.78, 5) is 9.96. The molecule has 22 heavy (non-hydrogen) atoms. The second-order valence-corrected chi connectivity index (χ2v) is 7.45. The average molecular weight is 300 g/mol. The van der Waals surface area contributed by atoms with Crippen molar-refractivity contribution in [3.8, 4) is 0 Å². The number of hydrogen-bond donors (Lipinski definition) is 0. The summed E-state index contributed by atoms with van der Waals surface area (Å²) in [7, 11) is 0. The predicted molar refractivity (Wildman–Crippen MR) is 98.1 cm³/mol. The molecule has 0 saturated carbocycles. The molecule has 0 radical (unpaired) electrons. The van der Waals surface area contributed by atoms with Gasteiger partial charge >= 0.3 is 0 Å². The summed E-state index contributed by atoms with van der Waals surface area (Å²) >= 11 is 0. The molecule has 4 atom stereocenters. The highest BCUT2D eigenvalue weighted by atomic mass is 14.9. The number of nitrogens with zero attached hydrogens (tertiary/aromatic N) is 2. The molecule has 0 saturated heterocycles. The van der Waals surface area contributed by atoms with Gasteiger partial charge in [-0.3, -0.25) is 9.98 Å². The van der Waals surface area contributed by atoms with Crippen LogP contribution in [0.3, 0.4) is 0 Å². The molecule has 122 valence electrons. The highest BCUT2D eigenvalue weighted by Gasteiger charge is 2.40. The average Bonchev–Trinajstić information content (AvgIpc) is 2.51. The molecule has 1 aliphatic carbocycles. The van der Waals surface area contributed by atoms with Crippen LogP contribution in [0.5, 0.6) is 0 Å². The van der Waals surface area contributed by atoms with E-state index in [9.17, 15) is 0 Å². The fraction of sp³-hybridized carbons (Fsp3) is 0.700. The third-order valence-corrected chi connectivity index (χ3v) is 5.90. The van der Waals surface area contributed by atoms with Gasteiger partial charge in [-0.15, -0.1) is 0 Å². The lowest BCUT2D eigenvalue weighted by Gasteiger charge is -2.42. The first-order valence-electron chi connectivity index (χ1n) is 8.87. The summed E-state index contributed by atoms with van der Waals surface area (Å²) in [6, 6.07) is 0. The molecule has 0 spiro atoms. The van der Waals surface area contributed by atoms with Gasteiger partial charge in [0.25, 0.3) is 0 Å². The third-order valence-electron chi connectivity index (χ3n) is 5.90. The lowest BCUT2D eigenvalue weighted by Crippen LogP contribution is -2.42. The van der Waals surface area contributed by atoms with Gasteiger partial charge in [0.2, 0.25) is 0 Å². The molecular weight excluding hydrogens is 268 g/mol. The summed E-state index contributed by atoms with van der Waals surface area (Å²) in [6.07, 6.45) is 6.77. The van der Waals surface area contributed by atoms with Crippen LogP contribution in [0.1, 0.15) is 61.3 Å². The lowest BCUT2D eigenvalue weighted by atomic mass is 9.69. The van der Waals surface area contributed by atoms with Crippen molar-refractivity contribution in [1.82, 2.24) is 0 Å². The number of aliphatic imine (C=N–C) groups is 2. The summed E-state index contributed by atoms with van der Waals surface area (Å²) in [5.41, 5.74) is 5.08. The number of allylic oxidation sites excluding steroid dienone is 4. The molecule has 2 nitrogen and oxygen atoms in total. The second-order valence-electron chi connectivity index (χ2n) is 7.45. The zero-order valence-electron chi connectivity index (χ0n) is 15.4. The summed E-state index contributed by atoms with van der Waals surface area (Å²) in [6.45, 7) is 16.9. The molecule has 0 N–H and O–H groups in total. The maximum Gasteiger partial charge on any atom is 0.0646 e. The van der Waals surface area contributed by atoms with Gasteiger partial charge in [0, 0.05) is 6.54 Å². The molecule has 2 aliphatic rings. The van der Waals surface area contributed by atoms with Gasteiger partial charge in [-0.2, -0.15) is 0 Å². The van der Waals surface area contributed by atoms with Crippen molar-refractivity contribution in [3.63, 3.8) is 0 Å². The Hall–Kier alpha value is -1.18. The van der Waals surface area contributed by atoms with Crippen molar-refractivity contribution in [2.75, 3.05) is 6.54 Å². The molecule has 1 aliphatic heterocycles. The fourth-order valence-electron chi connectivity index (χ4n) is 3.33. The zero-order chi connectivity index (χ0) is 16.5. The Balaban J connectivity index is 2.39. The normalized spacial score (nSPS) is 34.7. The molecule has 0 aromatic heterocycles. The Bertz CT molecular complexity index is 550. The Morgan fingerprint density at radius 3 is 2.55 bits per heavy atom. The van der Waals surface area contributed by atoms with Crippen LogP contribution >= 0.6 is 0 Å². The van der Waals surface area contributed by atoms with E-state index in [2.05, 4.69) is 60.6 Å². The number of hydrogen-bond acceptors (Lipinski definition) is 2. The van der Waals surface area contributed by atoms with Crippen LogP contribution in [0.2, 0.25) is 0 Å². The van der Waals surface area contributed by atoms with Crippen LogP contribution < -0.4 is 0 Å². The quantitative estimate of drug-likeness (QED) is 0.633. The summed E-state index contributed by atoms with van der Waals surface area (Å²) in [5.74, 6) is 1.75.